The summed E-state index contributed by atoms with van der Waals surface area (Å²) in [4.78, 5) is 0. The molecule has 1 N–H and O–H groups in total. The van der Waals surface area contributed by atoms with Gasteiger partial charge in [-0.05, 0) is 48.4 Å². The maximum Gasteiger partial charge on any atom is 0.160 e. The summed E-state index contributed by atoms with van der Waals surface area (Å²) in [6, 6.07) is 7.28. The van der Waals surface area contributed by atoms with Crippen LogP contribution in [-0.4, -0.2) is 6.54 Å². The maximum atomic E-state index is 13.6. The first kappa shape index (κ1) is 16.2. The molecule has 0 fully saturated rings. The van der Waals surface area contributed by atoms with Gasteiger partial charge in [-0.25, -0.2) is 8.78 Å². The molecule has 112 valence electrons. The molecule has 0 saturated carbocycles. The summed E-state index contributed by atoms with van der Waals surface area (Å²) in [5.41, 5.74) is 2.26. The smallest absolute Gasteiger partial charge is 0.160 e. The standard InChI is InChI=1S/C16H15Cl2F2N/c1-3-21-16(10-5-4-6-12(17)9(10)2)11-7-14(19)15(20)8-13(11)18/h4-8,16,21H,3H2,1-2H3. The van der Waals surface area contributed by atoms with E-state index in [4.69, 9.17) is 23.2 Å². The summed E-state index contributed by atoms with van der Waals surface area (Å²) < 4.78 is 26.8. The van der Waals surface area contributed by atoms with Crippen molar-refractivity contribution in [2.24, 2.45) is 0 Å². The molecule has 0 aliphatic rings. The van der Waals surface area contributed by atoms with E-state index in [0.29, 0.717) is 17.1 Å². The van der Waals surface area contributed by atoms with Gasteiger partial charge in [0.25, 0.3) is 0 Å². The van der Waals surface area contributed by atoms with Crippen molar-refractivity contribution in [1.29, 1.82) is 0 Å². The molecule has 0 heterocycles. The molecule has 0 amide bonds. The van der Waals surface area contributed by atoms with Crippen molar-refractivity contribution in [3.63, 3.8) is 0 Å². The van der Waals surface area contributed by atoms with E-state index in [-0.39, 0.29) is 11.1 Å². The van der Waals surface area contributed by atoms with Gasteiger partial charge in [-0.3, -0.25) is 0 Å². The minimum Gasteiger partial charge on any atom is -0.306 e. The molecule has 0 aliphatic carbocycles. The highest BCUT2D eigenvalue weighted by Gasteiger charge is 2.21. The third-order valence-electron chi connectivity index (χ3n) is 3.38. The van der Waals surface area contributed by atoms with Gasteiger partial charge in [0, 0.05) is 10.0 Å². The quantitative estimate of drug-likeness (QED) is 0.752. The van der Waals surface area contributed by atoms with Gasteiger partial charge in [0.15, 0.2) is 11.6 Å². The van der Waals surface area contributed by atoms with Crippen LogP contribution in [0.15, 0.2) is 30.3 Å². The Bertz CT molecular complexity index is 659. The Hall–Kier alpha value is -1.16. The SMILES string of the molecule is CCNC(c1cc(F)c(F)cc1Cl)c1cccc(Cl)c1C. The Morgan fingerprint density at radius 2 is 1.71 bits per heavy atom. The highest BCUT2D eigenvalue weighted by Crippen LogP contribution is 2.33. The molecule has 2 aromatic carbocycles. The van der Waals surface area contributed by atoms with Crippen molar-refractivity contribution < 1.29 is 8.78 Å². The molecule has 0 aliphatic heterocycles. The van der Waals surface area contributed by atoms with Crippen molar-refractivity contribution in [3.05, 3.63) is 68.7 Å². The molecule has 0 spiro atoms. The lowest BCUT2D eigenvalue weighted by Crippen LogP contribution is -2.23. The minimum atomic E-state index is -0.957. The van der Waals surface area contributed by atoms with E-state index < -0.39 is 11.6 Å². The molecule has 0 saturated heterocycles. The predicted octanol–water partition coefficient (Wildman–Crippen LogP) is 5.28. The van der Waals surface area contributed by atoms with Crippen LogP contribution in [0.5, 0.6) is 0 Å². The molecular formula is C16H15Cl2F2N. The predicted molar refractivity (Wildman–Crippen MR) is 83.1 cm³/mol. The monoisotopic (exact) mass is 329 g/mol. The zero-order valence-electron chi connectivity index (χ0n) is 11.7. The van der Waals surface area contributed by atoms with E-state index in [1.54, 1.807) is 6.07 Å². The molecule has 1 nitrogen and oxygen atoms in total. The minimum absolute atomic E-state index is 0.180. The van der Waals surface area contributed by atoms with E-state index >= 15 is 0 Å². The average molecular weight is 330 g/mol. The van der Waals surface area contributed by atoms with Crippen LogP contribution in [0.25, 0.3) is 0 Å². The summed E-state index contributed by atoms with van der Waals surface area (Å²) >= 11 is 12.2. The van der Waals surface area contributed by atoms with Crippen LogP contribution in [0.2, 0.25) is 10.0 Å². The van der Waals surface area contributed by atoms with Crippen molar-refractivity contribution in [3.8, 4) is 0 Å². The van der Waals surface area contributed by atoms with Gasteiger partial charge in [0.2, 0.25) is 0 Å². The van der Waals surface area contributed by atoms with Crippen LogP contribution in [0.3, 0.4) is 0 Å². The number of nitrogens with one attached hydrogen (secondary N) is 1. The third-order valence-corrected chi connectivity index (χ3v) is 4.12. The second kappa shape index (κ2) is 6.73. The highest BCUT2D eigenvalue weighted by molar-refractivity contribution is 6.32. The Morgan fingerprint density at radius 1 is 1.05 bits per heavy atom. The molecule has 1 atom stereocenters. The van der Waals surface area contributed by atoms with Gasteiger partial charge in [-0.2, -0.15) is 0 Å². The van der Waals surface area contributed by atoms with Gasteiger partial charge in [0.1, 0.15) is 0 Å². The molecular weight excluding hydrogens is 315 g/mol. The first-order chi connectivity index (χ1) is 9.95. The number of rotatable bonds is 4. The number of hydrogen-bond donors (Lipinski definition) is 1. The molecule has 5 heteroatoms. The normalized spacial score (nSPS) is 12.5. The number of halogens is 4. The van der Waals surface area contributed by atoms with Gasteiger partial charge in [-0.1, -0.05) is 42.3 Å². The Morgan fingerprint density at radius 3 is 2.38 bits per heavy atom. The zero-order valence-corrected chi connectivity index (χ0v) is 13.2. The van der Waals surface area contributed by atoms with Crippen LogP contribution in [0.4, 0.5) is 8.78 Å². The largest absolute Gasteiger partial charge is 0.306 e. The van der Waals surface area contributed by atoms with Gasteiger partial charge in [-0.15, -0.1) is 0 Å². The van der Waals surface area contributed by atoms with E-state index in [9.17, 15) is 8.78 Å². The van der Waals surface area contributed by atoms with Crippen LogP contribution in [0.1, 0.15) is 29.7 Å². The van der Waals surface area contributed by atoms with Gasteiger partial charge >= 0.3 is 0 Å². The Labute approximate surface area is 132 Å². The second-order valence-electron chi connectivity index (χ2n) is 4.73. The Balaban J connectivity index is 2.59. The van der Waals surface area contributed by atoms with Crippen LogP contribution < -0.4 is 5.32 Å². The molecule has 0 aromatic heterocycles. The van der Waals surface area contributed by atoms with Crippen molar-refractivity contribution in [2.75, 3.05) is 6.54 Å². The fourth-order valence-electron chi connectivity index (χ4n) is 2.29. The fourth-order valence-corrected chi connectivity index (χ4v) is 2.73. The lowest BCUT2D eigenvalue weighted by molar-refractivity contribution is 0.504. The maximum absolute atomic E-state index is 13.6. The average Bonchev–Trinajstić information content (AvgIpc) is 2.44. The molecule has 0 bridgehead atoms. The number of hydrogen-bond acceptors (Lipinski definition) is 1. The van der Waals surface area contributed by atoms with E-state index in [1.165, 1.54) is 0 Å². The Kier molecular flexibility index (Phi) is 5.20. The zero-order chi connectivity index (χ0) is 15.6. The van der Waals surface area contributed by atoms with Crippen LogP contribution >= 0.6 is 23.2 Å². The van der Waals surface area contributed by atoms with Crippen molar-refractivity contribution >= 4 is 23.2 Å². The van der Waals surface area contributed by atoms with Crippen LogP contribution in [0, 0.1) is 18.6 Å². The molecule has 2 rings (SSSR count). The van der Waals surface area contributed by atoms with Crippen molar-refractivity contribution in [2.45, 2.75) is 19.9 Å². The molecule has 21 heavy (non-hydrogen) atoms. The van der Waals surface area contributed by atoms with E-state index in [0.717, 1.165) is 23.3 Å². The van der Waals surface area contributed by atoms with E-state index in [2.05, 4.69) is 5.32 Å². The summed E-state index contributed by atoms with van der Waals surface area (Å²) in [5, 5.41) is 4.04. The second-order valence-corrected chi connectivity index (χ2v) is 5.55. The van der Waals surface area contributed by atoms with Gasteiger partial charge < -0.3 is 5.32 Å². The summed E-state index contributed by atoms with van der Waals surface area (Å²) in [7, 11) is 0. The van der Waals surface area contributed by atoms with Crippen molar-refractivity contribution in [1.82, 2.24) is 5.32 Å². The summed E-state index contributed by atoms with van der Waals surface area (Å²) in [5.74, 6) is -1.88. The molecule has 2 aromatic rings. The molecule has 1 unspecified atom stereocenters. The first-order valence-electron chi connectivity index (χ1n) is 6.58. The lowest BCUT2D eigenvalue weighted by atomic mass is 9.94. The fraction of sp³-hybridized carbons (Fsp3) is 0.250. The first-order valence-corrected chi connectivity index (χ1v) is 7.34. The highest BCUT2D eigenvalue weighted by atomic mass is 35.5. The third kappa shape index (κ3) is 3.37. The van der Waals surface area contributed by atoms with E-state index in [1.807, 2.05) is 26.0 Å². The van der Waals surface area contributed by atoms with Gasteiger partial charge in [0.05, 0.1) is 6.04 Å². The van der Waals surface area contributed by atoms with Crippen LogP contribution in [-0.2, 0) is 0 Å². The topological polar surface area (TPSA) is 12.0 Å². The summed E-state index contributed by atoms with van der Waals surface area (Å²) in [6.45, 7) is 4.46. The molecule has 0 radical (unpaired) electrons. The number of benzene rings is 2. The lowest BCUT2D eigenvalue weighted by Gasteiger charge is -2.22. The summed E-state index contributed by atoms with van der Waals surface area (Å²) in [6.07, 6.45) is 0.